The first kappa shape index (κ1) is 9.55. The first-order chi connectivity index (χ1) is 6.29. The summed E-state index contributed by atoms with van der Waals surface area (Å²) in [7, 11) is 1.33. The summed E-state index contributed by atoms with van der Waals surface area (Å²) in [6, 6.07) is 3.60. The van der Waals surface area contributed by atoms with Gasteiger partial charge < -0.3 is 10.1 Å². The van der Waals surface area contributed by atoms with Gasteiger partial charge in [0.2, 0.25) is 0 Å². The van der Waals surface area contributed by atoms with Gasteiger partial charge in [-0.3, -0.25) is 0 Å². The monoisotopic (exact) mass is 196 g/mol. The van der Waals surface area contributed by atoms with Crippen LogP contribution < -0.4 is 5.32 Å². The number of nitrogens with zero attached hydrogens (tertiary/aromatic N) is 1. The molecule has 0 saturated heterocycles. The number of methoxy groups -OCH3 is 1. The number of carbonyl (C=O) groups excluding carboxylic acids is 1. The third-order valence-electron chi connectivity index (χ3n) is 1.40. The molecule has 1 heterocycles. The van der Waals surface area contributed by atoms with E-state index in [2.05, 4.69) is 10.1 Å². The van der Waals surface area contributed by atoms with Gasteiger partial charge in [-0.1, -0.05) is 0 Å². The Morgan fingerprint density at radius 1 is 1.85 bits per heavy atom. The smallest absolute Gasteiger partial charge is 0.340 e. The van der Waals surface area contributed by atoms with Crippen LogP contribution in [-0.4, -0.2) is 19.6 Å². The van der Waals surface area contributed by atoms with Gasteiger partial charge in [-0.25, -0.2) is 4.79 Å². The second-order valence-corrected chi connectivity index (χ2v) is 3.08. The van der Waals surface area contributed by atoms with Crippen LogP contribution in [0, 0.1) is 11.3 Å². The minimum Gasteiger partial charge on any atom is -0.465 e. The maximum Gasteiger partial charge on any atom is 0.340 e. The van der Waals surface area contributed by atoms with Gasteiger partial charge in [0.1, 0.15) is 11.5 Å². The SMILES string of the molecule is COC(=O)c1ccsc1NCC#N. The van der Waals surface area contributed by atoms with Crippen LogP contribution in [0.4, 0.5) is 5.00 Å². The molecule has 4 nitrogen and oxygen atoms in total. The molecule has 0 bridgehead atoms. The summed E-state index contributed by atoms with van der Waals surface area (Å²) in [6.07, 6.45) is 0. The average molecular weight is 196 g/mol. The highest BCUT2D eigenvalue weighted by atomic mass is 32.1. The van der Waals surface area contributed by atoms with Crippen molar-refractivity contribution in [3.63, 3.8) is 0 Å². The Kier molecular flexibility index (Phi) is 3.29. The maximum absolute atomic E-state index is 11.1. The molecule has 0 aliphatic rings. The molecule has 5 heteroatoms. The van der Waals surface area contributed by atoms with Gasteiger partial charge in [0.25, 0.3) is 0 Å². The molecule has 0 unspecified atom stereocenters. The Morgan fingerprint density at radius 3 is 3.23 bits per heavy atom. The lowest BCUT2D eigenvalue weighted by Crippen LogP contribution is -2.05. The quantitative estimate of drug-likeness (QED) is 0.587. The van der Waals surface area contributed by atoms with Crippen molar-refractivity contribution in [2.75, 3.05) is 19.0 Å². The Balaban J connectivity index is 2.78. The maximum atomic E-state index is 11.1. The standard InChI is InChI=1S/C8H8N2O2S/c1-12-8(11)6-2-5-13-7(6)10-4-3-9/h2,5,10H,4H2,1H3. The second kappa shape index (κ2) is 4.48. The number of esters is 1. The van der Waals surface area contributed by atoms with Crippen molar-refractivity contribution in [3.8, 4) is 6.07 Å². The highest BCUT2D eigenvalue weighted by molar-refractivity contribution is 7.14. The largest absolute Gasteiger partial charge is 0.465 e. The first-order valence-corrected chi connectivity index (χ1v) is 4.44. The molecule has 0 atom stereocenters. The molecule has 0 aliphatic carbocycles. The molecule has 0 spiro atoms. The van der Waals surface area contributed by atoms with Gasteiger partial charge in [0, 0.05) is 0 Å². The zero-order chi connectivity index (χ0) is 9.68. The van der Waals surface area contributed by atoms with Gasteiger partial charge in [-0.05, 0) is 11.4 Å². The highest BCUT2D eigenvalue weighted by Crippen LogP contribution is 2.23. The van der Waals surface area contributed by atoms with Crippen molar-refractivity contribution in [2.45, 2.75) is 0 Å². The van der Waals surface area contributed by atoms with E-state index in [0.29, 0.717) is 10.6 Å². The number of thiophene rings is 1. The molecule has 0 fully saturated rings. The number of anilines is 1. The molecule has 0 aliphatic heterocycles. The van der Waals surface area contributed by atoms with Crippen molar-refractivity contribution in [1.82, 2.24) is 0 Å². The zero-order valence-electron chi connectivity index (χ0n) is 7.03. The Morgan fingerprint density at radius 2 is 2.62 bits per heavy atom. The summed E-state index contributed by atoms with van der Waals surface area (Å²) in [6.45, 7) is 0.185. The average Bonchev–Trinajstić information content (AvgIpc) is 2.61. The second-order valence-electron chi connectivity index (χ2n) is 2.17. The van der Waals surface area contributed by atoms with E-state index in [9.17, 15) is 4.79 Å². The van der Waals surface area contributed by atoms with Crippen molar-refractivity contribution in [3.05, 3.63) is 17.0 Å². The zero-order valence-corrected chi connectivity index (χ0v) is 7.85. The first-order valence-electron chi connectivity index (χ1n) is 3.56. The van der Waals surface area contributed by atoms with E-state index in [0.717, 1.165) is 0 Å². The Labute approximate surface area is 79.7 Å². The van der Waals surface area contributed by atoms with Gasteiger partial charge >= 0.3 is 5.97 Å². The van der Waals surface area contributed by atoms with E-state index in [1.165, 1.54) is 18.4 Å². The number of hydrogen-bond acceptors (Lipinski definition) is 5. The third kappa shape index (κ3) is 2.20. The van der Waals surface area contributed by atoms with Crippen LogP contribution in [0.5, 0.6) is 0 Å². The van der Waals surface area contributed by atoms with E-state index in [-0.39, 0.29) is 12.5 Å². The fourth-order valence-corrected chi connectivity index (χ4v) is 1.61. The minimum absolute atomic E-state index is 0.185. The van der Waals surface area contributed by atoms with Crippen molar-refractivity contribution < 1.29 is 9.53 Å². The van der Waals surface area contributed by atoms with E-state index in [4.69, 9.17) is 5.26 Å². The van der Waals surface area contributed by atoms with Crippen molar-refractivity contribution >= 4 is 22.3 Å². The van der Waals surface area contributed by atoms with E-state index < -0.39 is 0 Å². The molecule has 13 heavy (non-hydrogen) atoms. The summed E-state index contributed by atoms with van der Waals surface area (Å²) >= 11 is 1.37. The summed E-state index contributed by atoms with van der Waals surface area (Å²) in [5, 5.41) is 13.6. The summed E-state index contributed by atoms with van der Waals surface area (Å²) in [5.41, 5.74) is 0.475. The predicted octanol–water partition coefficient (Wildman–Crippen LogP) is 1.47. The number of nitriles is 1. The lowest BCUT2D eigenvalue weighted by molar-refractivity contribution is 0.0602. The fourth-order valence-electron chi connectivity index (χ4n) is 0.837. The number of nitrogens with one attached hydrogen (secondary N) is 1. The molecule has 68 valence electrons. The van der Waals surface area contributed by atoms with Crippen LogP contribution in [-0.2, 0) is 4.74 Å². The molecule has 1 aromatic rings. The fraction of sp³-hybridized carbons (Fsp3) is 0.250. The number of hydrogen-bond donors (Lipinski definition) is 1. The van der Waals surface area contributed by atoms with Crippen LogP contribution in [0.1, 0.15) is 10.4 Å². The van der Waals surface area contributed by atoms with Gasteiger partial charge in [-0.15, -0.1) is 11.3 Å². The molecule has 0 saturated carbocycles. The van der Waals surface area contributed by atoms with Gasteiger partial charge in [0.15, 0.2) is 0 Å². The van der Waals surface area contributed by atoms with Gasteiger partial charge in [0.05, 0.1) is 18.7 Å². The van der Waals surface area contributed by atoms with Crippen molar-refractivity contribution in [2.24, 2.45) is 0 Å². The summed E-state index contributed by atoms with van der Waals surface area (Å²) in [4.78, 5) is 11.1. The van der Waals surface area contributed by atoms with Gasteiger partial charge in [-0.2, -0.15) is 5.26 Å². The summed E-state index contributed by atoms with van der Waals surface area (Å²) in [5.74, 6) is -0.387. The van der Waals surface area contributed by atoms with Crippen LogP contribution in [0.15, 0.2) is 11.4 Å². The Hall–Kier alpha value is -1.54. The number of ether oxygens (including phenoxy) is 1. The van der Waals surface area contributed by atoms with Crippen LogP contribution in [0.3, 0.4) is 0 Å². The number of carbonyl (C=O) groups is 1. The van der Waals surface area contributed by atoms with E-state index in [1.807, 2.05) is 6.07 Å². The van der Waals surface area contributed by atoms with Crippen LogP contribution >= 0.6 is 11.3 Å². The molecule has 0 amide bonds. The summed E-state index contributed by atoms with van der Waals surface area (Å²) < 4.78 is 4.56. The normalized spacial score (nSPS) is 8.92. The molecule has 1 aromatic heterocycles. The third-order valence-corrected chi connectivity index (χ3v) is 2.27. The molecule has 1 N–H and O–H groups in total. The van der Waals surface area contributed by atoms with E-state index in [1.54, 1.807) is 11.4 Å². The Bertz CT molecular complexity index is 340. The highest BCUT2D eigenvalue weighted by Gasteiger charge is 2.11. The number of rotatable bonds is 3. The lowest BCUT2D eigenvalue weighted by atomic mass is 10.3. The lowest BCUT2D eigenvalue weighted by Gasteiger charge is -2.01. The minimum atomic E-state index is -0.387. The van der Waals surface area contributed by atoms with Crippen LogP contribution in [0.25, 0.3) is 0 Å². The van der Waals surface area contributed by atoms with Crippen molar-refractivity contribution in [1.29, 1.82) is 5.26 Å². The molecular weight excluding hydrogens is 188 g/mol. The topological polar surface area (TPSA) is 62.1 Å². The predicted molar refractivity (Wildman–Crippen MR) is 49.8 cm³/mol. The molecule has 0 aromatic carbocycles. The molecule has 1 rings (SSSR count). The molecule has 0 radical (unpaired) electrons. The van der Waals surface area contributed by atoms with Crippen LogP contribution in [0.2, 0.25) is 0 Å². The van der Waals surface area contributed by atoms with E-state index >= 15 is 0 Å². The molecular formula is C8H8N2O2S.